The maximum atomic E-state index is 12.0. The number of aromatic nitrogens is 1. The first-order valence-corrected chi connectivity index (χ1v) is 6.49. The number of rotatable bonds is 2. The summed E-state index contributed by atoms with van der Waals surface area (Å²) in [6.07, 6.45) is 5.93. The number of carbonyl (C=O) groups excluding carboxylic acids is 1. The Hall–Kier alpha value is -1.29. The molecule has 1 saturated carbocycles. The predicted octanol–water partition coefficient (Wildman–Crippen LogP) is 2.78. The zero-order valence-electron chi connectivity index (χ0n) is 11.5. The molecule has 0 aliphatic heterocycles. The number of hydrogen-bond donors (Lipinski definition) is 2. The first-order chi connectivity index (χ1) is 8.46. The van der Waals surface area contributed by atoms with E-state index in [0.717, 1.165) is 25.7 Å². The summed E-state index contributed by atoms with van der Waals surface area (Å²) in [6, 6.07) is 3.65. The summed E-state index contributed by atoms with van der Waals surface area (Å²) in [5.74, 6) is -0.0975. The average molecular weight is 284 g/mol. The lowest BCUT2D eigenvalue weighted by Crippen LogP contribution is -2.39. The quantitative estimate of drug-likeness (QED) is 0.877. The van der Waals surface area contributed by atoms with Crippen LogP contribution in [0.25, 0.3) is 0 Å². The van der Waals surface area contributed by atoms with Crippen LogP contribution in [0.15, 0.2) is 18.3 Å². The van der Waals surface area contributed by atoms with Crippen molar-refractivity contribution in [3.05, 3.63) is 24.0 Å². The number of pyridine rings is 1. The summed E-state index contributed by atoms with van der Waals surface area (Å²) in [6.45, 7) is 4.57. The molecule has 1 aromatic heterocycles. The van der Waals surface area contributed by atoms with Gasteiger partial charge in [-0.1, -0.05) is 13.8 Å². The fourth-order valence-corrected chi connectivity index (χ4v) is 2.34. The molecule has 0 aromatic carbocycles. The molecule has 0 radical (unpaired) electrons. The molecular formula is C14H22ClN3O. The zero-order chi connectivity index (χ0) is 13.2. The van der Waals surface area contributed by atoms with Crippen LogP contribution in [-0.4, -0.2) is 16.9 Å². The summed E-state index contributed by atoms with van der Waals surface area (Å²) in [5, 5.41) is 3.05. The molecule has 106 valence electrons. The number of hydrogen-bond acceptors (Lipinski definition) is 3. The molecule has 19 heavy (non-hydrogen) atoms. The van der Waals surface area contributed by atoms with Gasteiger partial charge in [-0.25, -0.2) is 4.98 Å². The Labute approximate surface area is 120 Å². The van der Waals surface area contributed by atoms with E-state index in [4.69, 9.17) is 5.73 Å². The van der Waals surface area contributed by atoms with E-state index in [-0.39, 0.29) is 24.4 Å². The molecule has 3 N–H and O–H groups in total. The fourth-order valence-electron chi connectivity index (χ4n) is 2.34. The minimum Gasteiger partial charge on any atom is -0.397 e. The highest BCUT2D eigenvalue weighted by atomic mass is 35.5. The minimum absolute atomic E-state index is 0. The molecule has 1 aliphatic rings. The lowest BCUT2D eigenvalue weighted by molar-refractivity contribution is 0.0904. The van der Waals surface area contributed by atoms with Crippen LogP contribution < -0.4 is 11.1 Å². The van der Waals surface area contributed by atoms with Crippen molar-refractivity contribution in [1.29, 1.82) is 0 Å². The number of nitrogens with two attached hydrogens (primary N) is 1. The van der Waals surface area contributed by atoms with Crippen LogP contribution in [0.2, 0.25) is 0 Å². The molecule has 1 aromatic rings. The van der Waals surface area contributed by atoms with Crippen molar-refractivity contribution in [3.63, 3.8) is 0 Å². The van der Waals surface area contributed by atoms with E-state index in [9.17, 15) is 4.79 Å². The van der Waals surface area contributed by atoms with Gasteiger partial charge >= 0.3 is 0 Å². The standard InChI is InChI=1S/C14H21N3O.ClH/c1-14(2)7-5-11(6-8-14)17-13(18)12-4-3-10(15)9-16-12;/h3-4,9,11H,5-8,15H2,1-2H3,(H,17,18);1H. The van der Waals surface area contributed by atoms with Crippen LogP contribution in [-0.2, 0) is 0 Å². The maximum Gasteiger partial charge on any atom is 0.270 e. The number of carbonyl (C=O) groups is 1. The molecule has 5 heteroatoms. The number of nitrogens with zero attached hydrogens (tertiary/aromatic N) is 1. The van der Waals surface area contributed by atoms with Crippen molar-refractivity contribution in [2.45, 2.75) is 45.6 Å². The first kappa shape index (κ1) is 15.8. The topological polar surface area (TPSA) is 68.0 Å². The summed E-state index contributed by atoms with van der Waals surface area (Å²) >= 11 is 0. The predicted molar refractivity (Wildman–Crippen MR) is 79.4 cm³/mol. The van der Waals surface area contributed by atoms with Crippen molar-refractivity contribution in [3.8, 4) is 0 Å². The lowest BCUT2D eigenvalue weighted by Gasteiger charge is -2.34. The van der Waals surface area contributed by atoms with Crippen LogP contribution in [0.3, 0.4) is 0 Å². The van der Waals surface area contributed by atoms with Crippen molar-refractivity contribution in [2.75, 3.05) is 5.73 Å². The van der Waals surface area contributed by atoms with Gasteiger partial charge in [0.1, 0.15) is 5.69 Å². The van der Waals surface area contributed by atoms with Gasteiger partial charge in [0.25, 0.3) is 5.91 Å². The molecule has 1 aliphatic carbocycles. The van der Waals surface area contributed by atoms with Gasteiger partial charge in [0, 0.05) is 6.04 Å². The van der Waals surface area contributed by atoms with Gasteiger partial charge in [-0.15, -0.1) is 12.4 Å². The van der Waals surface area contributed by atoms with Crippen molar-refractivity contribution >= 4 is 24.0 Å². The van der Waals surface area contributed by atoms with Crippen molar-refractivity contribution in [2.24, 2.45) is 5.41 Å². The molecule has 0 bridgehead atoms. The van der Waals surface area contributed by atoms with Crippen LogP contribution in [0.4, 0.5) is 5.69 Å². The normalized spacial score (nSPS) is 18.4. The summed E-state index contributed by atoms with van der Waals surface area (Å²) < 4.78 is 0. The van der Waals surface area contributed by atoms with E-state index >= 15 is 0 Å². The molecular weight excluding hydrogens is 262 g/mol. The van der Waals surface area contributed by atoms with Gasteiger partial charge in [-0.05, 0) is 43.2 Å². The average Bonchev–Trinajstić information content (AvgIpc) is 2.33. The number of anilines is 1. The second-order valence-electron chi connectivity index (χ2n) is 5.89. The Bertz CT molecular complexity index is 421. The number of nitrogen functional groups attached to an aromatic ring is 1. The zero-order valence-corrected chi connectivity index (χ0v) is 12.3. The number of halogens is 1. The van der Waals surface area contributed by atoms with E-state index in [0.29, 0.717) is 16.8 Å². The van der Waals surface area contributed by atoms with Crippen molar-refractivity contribution < 1.29 is 4.79 Å². The summed E-state index contributed by atoms with van der Waals surface area (Å²) in [4.78, 5) is 16.0. The van der Waals surface area contributed by atoms with Crippen LogP contribution in [0.1, 0.15) is 50.0 Å². The highest BCUT2D eigenvalue weighted by molar-refractivity contribution is 5.92. The van der Waals surface area contributed by atoms with E-state index in [1.165, 1.54) is 6.20 Å². The van der Waals surface area contributed by atoms with Gasteiger partial charge in [0.15, 0.2) is 0 Å². The second-order valence-corrected chi connectivity index (χ2v) is 5.89. The van der Waals surface area contributed by atoms with Gasteiger partial charge < -0.3 is 11.1 Å². The molecule has 1 fully saturated rings. The van der Waals surface area contributed by atoms with E-state index in [2.05, 4.69) is 24.1 Å². The van der Waals surface area contributed by atoms with Gasteiger partial charge in [0.2, 0.25) is 0 Å². The second kappa shape index (κ2) is 6.24. The van der Waals surface area contributed by atoms with Crippen LogP contribution in [0, 0.1) is 5.41 Å². The third-order valence-electron chi connectivity index (χ3n) is 3.69. The van der Waals surface area contributed by atoms with E-state index < -0.39 is 0 Å². The van der Waals surface area contributed by atoms with Gasteiger partial charge in [-0.3, -0.25) is 4.79 Å². The number of nitrogens with one attached hydrogen (secondary N) is 1. The Kier molecular flexibility index (Phi) is 5.18. The smallest absolute Gasteiger partial charge is 0.270 e. The fraction of sp³-hybridized carbons (Fsp3) is 0.571. The van der Waals surface area contributed by atoms with E-state index in [1.807, 2.05) is 0 Å². The van der Waals surface area contributed by atoms with Crippen LogP contribution >= 0.6 is 12.4 Å². The summed E-state index contributed by atoms with van der Waals surface area (Å²) in [5.41, 5.74) is 6.98. The van der Waals surface area contributed by atoms with Crippen LogP contribution in [0.5, 0.6) is 0 Å². The third-order valence-corrected chi connectivity index (χ3v) is 3.69. The summed E-state index contributed by atoms with van der Waals surface area (Å²) in [7, 11) is 0. The molecule has 0 unspecified atom stereocenters. The van der Waals surface area contributed by atoms with Crippen molar-refractivity contribution in [1.82, 2.24) is 10.3 Å². The molecule has 1 amide bonds. The molecule has 0 atom stereocenters. The molecule has 1 heterocycles. The maximum absolute atomic E-state index is 12.0. The first-order valence-electron chi connectivity index (χ1n) is 6.49. The largest absolute Gasteiger partial charge is 0.397 e. The Morgan fingerprint density at radius 2 is 2.00 bits per heavy atom. The number of amides is 1. The molecule has 2 rings (SSSR count). The third kappa shape index (κ3) is 4.39. The SMILES string of the molecule is CC1(C)CCC(NC(=O)c2ccc(N)cn2)CC1.Cl. The monoisotopic (exact) mass is 283 g/mol. The highest BCUT2D eigenvalue weighted by Crippen LogP contribution is 2.34. The molecule has 0 spiro atoms. The Balaban J connectivity index is 0.00000180. The van der Waals surface area contributed by atoms with E-state index in [1.54, 1.807) is 12.1 Å². The highest BCUT2D eigenvalue weighted by Gasteiger charge is 2.27. The Morgan fingerprint density at radius 3 is 2.53 bits per heavy atom. The van der Waals surface area contributed by atoms with Gasteiger partial charge in [-0.2, -0.15) is 0 Å². The minimum atomic E-state index is -0.0975. The molecule has 0 saturated heterocycles. The Morgan fingerprint density at radius 1 is 1.37 bits per heavy atom. The van der Waals surface area contributed by atoms with Gasteiger partial charge in [0.05, 0.1) is 11.9 Å². The lowest BCUT2D eigenvalue weighted by atomic mass is 9.75. The molecule has 4 nitrogen and oxygen atoms in total.